The van der Waals surface area contributed by atoms with E-state index in [9.17, 15) is 9.59 Å². The van der Waals surface area contributed by atoms with Crippen molar-refractivity contribution in [2.24, 2.45) is 5.92 Å². The van der Waals surface area contributed by atoms with E-state index in [0.29, 0.717) is 26.8 Å². The molecule has 1 aromatic heterocycles. The molecule has 0 aromatic carbocycles. The minimum Gasteiger partial charge on any atom is -0.495 e. The lowest BCUT2D eigenvalue weighted by atomic mass is 10.1. The van der Waals surface area contributed by atoms with Crippen molar-refractivity contribution in [2.45, 2.75) is 25.3 Å². The van der Waals surface area contributed by atoms with Gasteiger partial charge in [-0.15, -0.1) is 11.3 Å². The standard InChI is InChI=1S/C12H14BrNO4S/c1-18-8-5-9(19-10(8)13)11(15)14-7(12(16)17)4-6-2-3-6/h5-7H,2-4H2,1H3,(H,14,15)(H,16,17). The molecular weight excluding hydrogens is 334 g/mol. The van der Waals surface area contributed by atoms with Crippen LogP contribution in [0.2, 0.25) is 0 Å². The Balaban J connectivity index is 2.02. The van der Waals surface area contributed by atoms with Gasteiger partial charge in [-0.25, -0.2) is 4.79 Å². The Labute approximate surface area is 123 Å². The second kappa shape index (κ2) is 5.92. The van der Waals surface area contributed by atoms with Gasteiger partial charge < -0.3 is 15.2 Å². The van der Waals surface area contributed by atoms with Gasteiger partial charge in [0.25, 0.3) is 5.91 Å². The minimum atomic E-state index is -0.983. The molecule has 1 unspecified atom stereocenters. The monoisotopic (exact) mass is 347 g/mol. The first kappa shape index (κ1) is 14.3. The molecule has 0 aliphatic heterocycles. The van der Waals surface area contributed by atoms with Crippen LogP contribution in [0.3, 0.4) is 0 Å². The molecule has 104 valence electrons. The van der Waals surface area contributed by atoms with E-state index in [0.717, 1.165) is 12.8 Å². The predicted molar refractivity (Wildman–Crippen MR) is 74.8 cm³/mol. The van der Waals surface area contributed by atoms with E-state index in [-0.39, 0.29) is 5.91 Å². The van der Waals surface area contributed by atoms with Crippen LogP contribution < -0.4 is 10.1 Å². The van der Waals surface area contributed by atoms with Gasteiger partial charge in [-0.1, -0.05) is 12.8 Å². The first-order chi connectivity index (χ1) is 9.01. The van der Waals surface area contributed by atoms with Crippen molar-refractivity contribution in [3.8, 4) is 5.75 Å². The second-order valence-electron chi connectivity index (χ2n) is 4.50. The Kier molecular flexibility index (Phi) is 4.46. The maximum atomic E-state index is 12.0. The van der Waals surface area contributed by atoms with Gasteiger partial charge in [-0.05, 0) is 28.3 Å². The van der Waals surface area contributed by atoms with Crippen LogP contribution in [-0.4, -0.2) is 30.1 Å². The zero-order valence-corrected chi connectivity index (χ0v) is 12.7. The summed E-state index contributed by atoms with van der Waals surface area (Å²) in [6.45, 7) is 0. The van der Waals surface area contributed by atoms with Crippen molar-refractivity contribution < 1.29 is 19.4 Å². The highest BCUT2D eigenvalue weighted by Gasteiger charge is 2.30. The quantitative estimate of drug-likeness (QED) is 0.828. The number of nitrogens with one attached hydrogen (secondary N) is 1. The molecule has 0 saturated heterocycles. The second-order valence-corrected chi connectivity index (χ2v) is 6.87. The average molecular weight is 348 g/mol. The minimum absolute atomic E-state index is 0.373. The molecule has 1 saturated carbocycles. The van der Waals surface area contributed by atoms with Gasteiger partial charge in [0.1, 0.15) is 15.6 Å². The fourth-order valence-corrected chi connectivity index (χ4v) is 3.29. The van der Waals surface area contributed by atoms with Crippen LogP contribution in [0.25, 0.3) is 0 Å². The van der Waals surface area contributed by atoms with Crippen molar-refractivity contribution >= 4 is 39.1 Å². The summed E-state index contributed by atoms with van der Waals surface area (Å²) in [5.74, 6) is -0.347. The van der Waals surface area contributed by atoms with E-state index in [1.165, 1.54) is 18.4 Å². The van der Waals surface area contributed by atoms with E-state index in [2.05, 4.69) is 21.2 Å². The van der Waals surface area contributed by atoms with Crippen LogP contribution in [0.1, 0.15) is 28.9 Å². The van der Waals surface area contributed by atoms with Crippen molar-refractivity contribution in [3.63, 3.8) is 0 Å². The molecule has 0 bridgehead atoms. The number of methoxy groups -OCH3 is 1. The van der Waals surface area contributed by atoms with Crippen LogP contribution in [0.4, 0.5) is 0 Å². The van der Waals surface area contributed by atoms with E-state index in [1.54, 1.807) is 6.07 Å². The van der Waals surface area contributed by atoms with E-state index < -0.39 is 12.0 Å². The molecule has 2 N–H and O–H groups in total. The van der Waals surface area contributed by atoms with Gasteiger partial charge >= 0.3 is 5.97 Å². The van der Waals surface area contributed by atoms with Crippen LogP contribution >= 0.6 is 27.3 Å². The summed E-state index contributed by atoms with van der Waals surface area (Å²) in [5, 5.41) is 11.7. The highest BCUT2D eigenvalue weighted by Crippen LogP contribution is 2.35. The summed E-state index contributed by atoms with van der Waals surface area (Å²) in [6, 6.07) is 0.784. The molecule has 5 nitrogen and oxygen atoms in total. The number of carboxylic acids is 1. The van der Waals surface area contributed by atoms with Gasteiger partial charge in [0.15, 0.2) is 0 Å². The summed E-state index contributed by atoms with van der Waals surface area (Å²) < 4.78 is 5.79. The van der Waals surface area contributed by atoms with Gasteiger partial charge in [0.05, 0.1) is 12.0 Å². The molecule has 0 radical (unpaired) electrons. The third-order valence-corrected chi connectivity index (χ3v) is 4.75. The molecule has 1 amide bonds. The summed E-state index contributed by atoms with van der Waals surface area (Å²) >= 11 is 4.51. The fourth-order valence-electron chi connectivity index (χ4n) is 1.74. The topological polar surface area (TPSA) is 75.6 Å². The Morgan fingerprint density at radius 2 is 2.32 bits per heavy atom. The van der Waals surface area contributed by atoms with Gasteiger partial charge in [0, 0.05) is 6.07 Å². The van der Waals surface area contributed by atoms with Gasteiger partial charge in [0.2, 0.25) is 0 Å². The number of carbonyl (C=O) groups is 2. The Morgan fingerprint density at radius 3 is 2.79 bits per heavy atom. The van der Waals surface area contributed by atoms with Crippen molar-refractivity contribution in [1.82, 2.24) is 5.32 Å². The SMILES string of the molecule is COc1cc(C(=O)NC(CC2CC2)C(=O)O)sc1Br. The lowest BCUT2D eigenvalue weighted by Gasteiger charge is -2.13. The number of rotatable bonds is 6. The largest absolute Gasteiger partial charge is 0.495 e. The summed E-state index contributed by atoms with van der Waals surface area (Å²) in [5.41, 5.74) is 0. The maximum Gasteiger partial charge on any atom is 0.326 e. The first-order valence-electron chi connectivity index (χ1n) is 5.88. The van der Waals surface area contributed by atoms with Gasteiger partial charge in [-0.2, -0.15) is 0 Å². The zero-order chi connectivity index (χ0) is 14.0. The number of halogens is 1. The van der Waals surface area contributed by atoms with E-state index in [4.69, 9.17) is 9.84 Å². The maximum absolute atomic E-state index is 12.0. The smallest absolute Gasteiger partial charge is 0.326 e. The molecule has 1 heterocycles. The van der Waals surface area contributed by atoms with E-state index >= 15 is 0 Å². The fraction of sp³-hybridized carbons (Fsp3) is 0.500. The van der Waals surface area contributed by atoms with Crippen LogP contribution in [0, 0.1) is 5.92 Å². The molecule has 1 aliphatic rings. The average Bonchev–Trinajstić information content (AvgIpc) is 3.09. The lowest BCUT2D eigenvalue weighted by molar-refractivity contribution is -0.139. The molecular formula is C12H14BrNO4S. The highest BCUT2D eigenvalue weighted by molar-refractivity contribution is 9.11. The number of hydrogen-bond donors (Lipinski definition) is 2. The summed E-state index contributed by atoms with van der Waals surface area (Å²) in [7, 11) is 1.52. The normalized spacial score (nSPS) is 15.9. The van der Waals surface area contributed by atoms with Crippen LogP contribution in [-0.2, 0) is 4.79 Å². The molecule has 7 heteroatoms. The Hall–Kier alpha value is -1.08. The molecule has 2 rings (SSSR count). The van der Waals surface area contributed by atoms with Crippen molar-refractivity contribution in [3.05, 3.63) is 14.7 Å². The number of amides is 1. The molecule has 1 fully saturated rings. The Bertz CT molecular complexity index is 498. The van der Waals surface area contributed by atoms with E-state index in [1.807, 2.05) is 0 Å². The first-order valence-corrected chi connectivity index (χ1v) is 7.49. The molecule has 1 atom stereocenters. The number of hydrogen-bond acceptors (Lipinski definition) is 4. The van der Waals surface area contributed by atoms with Crippen LogP contribution in [0.5, 0.6) is 5.75 Å². The summed E-state index contributed by atoms with van der Waals surface area (Å²) in [6.07, 6.45) is 2.61. The third kappa shape index (κ3) is 3.70. The molecule has 19 heavy (non-hydrogen) atoms. The number of ether oxygens (including phenoxy) is 1. The number of carboxylic acid groups (broad SMARTS) is 1. The van der Waals surface area contributed by atoms with Crippen LogP contribution in [0.15, 0.2) is 9.85 Å². The van der Waals surface area contributed by atoms with Crippen molar-refractivity contribution in [2.75, 3.05) is 7.11 Å². The third-order valence-electron chi connectivity index (χ3n) is 2.97. The highest BCUT2D eigenvalue weighted by atomic mass is 79.9. The Morgan fingerprint density at radius 1 is 1.63 bits per heavy atom. The molecule has 1 aromatic rings. The number of aliphatic carboxylic acids is 1. The number of carbonyl (C=O) groups excluding carboxylic acids is 1. The number of thiophene rings is 1. The molecule has 0 spiro atoms. The van der Waals surface area contributed by atoms with Gasteiger partial charge in [-0.3, -0.25) is 4.79 Å². The van der Waals surface area contributed by atoms with Crippen molar-refractivity contribution in [1.29, 1.82) is 0 Å². The lowest BCUT2D eigenvalue weighted by Crippen LogP contribution is -2.40. The summed E-state index contributed by atoms with van der Waals surface area (Å²) in [4.78, 5) is 23.6. The predicted octanol–water partition coefficient (Wildman–Crippen LogP) is 2.50. The zero-order valence-electron chi connectivity index (χ0n) is 10.3. The molecule has 1 aliphatic carbocycles.